The van der Waals surface area contributed by atoms with Crippen molar-refractivity contribution in [3.63, 3.8) is 0 Å². The number of para-hydroxylation sites is 1. The number of fused-ring (bicyclic) bond motifs is 2. The summed E-state index contributed by atoms with van der Waals surface area (Å²) in [6, 6.07) is 15.2. The highest BCUT2D eigenvalue weighted by molar-refractivity contribution is 7.71. The number of hydrogen-bond acceptors (Lipinski definition) is 6. The van der Waals surface area contributed by atoms with Crippen LogP contribution in [0.15, 0.2) is 54.7 Å². The summed E-state index contributed by atoms with van der Waals surface area (Å²) in [7, 11) is 1.88. The second kappa shape index (κ2) is 6.96. The zero-order valence-electron chi connectivity index (χ0n) is 14.3. The van der Waals surface area contributed by atoms with Gasteiger partial charge in [0.15, 0.2) is 16.1 Å². The number of nitrogens with one attached hydrogen (secondary N) is 2. The minimum atomic E-state index is 0.159. The zero-order valence-corrected chi connectivity index (χ0v) is 15.1. The van der Waals surface area contributed by atoms with Gasteiger partial charge in [0.25, 0.3) is 0 Å². The Hall–Kier alpha value is -3.59. The van der Waals surface area contributed by atoms with Crippen LogP contribution in [0.2, 0.25) is 0 Å². The number of phenolic OH excluding ortho intramolecular Hbond substituents is 1. The number of aromatic nitrogens is 7. The molecule has 0 saturated carbocycles. The normalized spacial score (nSPS) is 10.7. The van der Waals surface area contributed by atoms with Crippen LogP contribution in [0, 0.1) is 4.77 Å². The molecular weight excluding hydrogens is 362 g/mol. The number of pyridine rings is 1. The average Bonchev–Trinajstić information content (AvgIpc) is 3.30. The van der Waals surface area contributed by atoms with Gasteiger partial charge in [-0.1, -0.05) is 30.3 Å². The molecule has 9 heteroatoms. The molecule has 0 unspecified atom stereocenters. The molecule has 0 bridgehead atoms. The fourth-order valence-corrected chi connectivity index (χ4v) is 2.84. The summed E-state index contributed by atoms with van der Waals surface area (Å²) >= 11 is 5.11. The molecule has 0 aliphatic carbocycles. The monoisotopic (exact) mass is 377 g/mol. The van der Waals surface area contributed by atoms with E-state index in [0.29, 0.717) is 15.8 Å². The zero-order chi connectivity index (χ0) is 18.8. The van der Waals surface area contributed by atoms with Gasteiger partial charge in [0, 0.05) is 18.6 Å². The fourth-order valence-electron chi connectivity index (χ4n) is 2.71. The lowest BCUT2D eigenvalue weighted by Crippen LogP contribution is -1.95. The van der Waals surface area contributed by atoms with Crippen LogP contribution in [0.3, 0.4) is 0 Å². The van der Waals surface area contributed by atoms with Crippen molar-refractivity contribution in [2.24, 2.45) is 7.05 Å². The molecule has 27 heavy (non-hydrogen) atoms. The lowest BCUT2D eigenvalue weighted by atomic mass is 10.1. The average molecular weight is 377 g/mol. The number of hydrogen-bond donors (Lipinski definition) is 3. The molecule has 5 rings (SSSR count). The molecule has 0 atom stereocenters. The van der Waals surface area contributed by atoms with Gasteiger partial charge in [-0.2, -0.15) is 20.5 Å². The Bertz CT molecular complexity index is 1280. The SMILES string of the molecule is Cn1c(-c2nccc3ccccc23)n[nH]c1=S.Oc1cccc2n[nH]nc12. The molecule has 0 radical (unpaired) electrons. The third-order valence-electron chi connectivity index (χ3n) is 4.09. The van der Waals surface area contributed by atoms with Crippen molar-refractivity contribution >= 4 is 34.0 Å². The van der Waals surface area contributed by atoms with Gasteiger partial charge in [-0.05, 0) is 35.8 Å². The van der Waals surface area contributed by atoms with E-state index in [1.807, 2.05) is 35.9 Å². The van der Waals surface area contributed by atoms with Crippen LogP contribution < -0.4 is 0 Å². The van der Waals surface area contributed by atoms with Crippen molar-refractivity contribution < 1.29 is 5.11 Å². The van der Waals surface area contributed by atoms with E-state index in [0.717, 1.165) is 22.3 Å². The van der Waals surface area contributed by atoms with Crippen LogP contribution >= 0.6 is 12.2 Å². The maximum atomic E-state index is 9.14. The molecular formula is C18H15N7OS. The minimum Gasteiger partial charge on any atom is -0.506 e. The van der Waals surface area contributed by atoms with Crippen molar-refractivity contribution in [1.82, 2.24) is 35.2 Å². The molecule has 3 heterocycles. The van der Waals surface area contributed by atoms with E-state index < -0.39 is 0 Å². The van der Waals surface area contributed by atoms with Gasteiger partial charge >= 0.3 is 0 Å². The number of aromatic amines is 2. The van der Waals surface area contributed by atoms with E-state index >= 15 is 0 Å². The summed E-state index contributed by atoms with van der Waals surface area (Å²) in [5.74, 6) is 0.915. The molecule has 3 aromatic heterocycles. The highest BCUT2D eigenvalue weighted by Crippen LogP contribution is 2.24. The fraction of sp³-hybridized carbons (Fsp3) is 0.0556. The van der Waals surface area contributed by atoms with Crippen molar-refractivity contribution in [2.75, 3.05) is 0 Å². The van der Waals surface area contributed by atoms with Gasteiger partial charge in [-0.3, -0.25) is 10.1 Å². The number of benzene rings is 2. The second-order valence-corrected chi connectivity index (χ2v) is 6.15. The van der Waals surface area contributed by atoms with Gasteiger partial charge in [0.05, 0.1) is 0 Å². The summed E-state index contributed by atoms with van der Waals surface area (Å²) in [6.45, 7) is 0. The van der Waals surface area contributed by atoms with Crippen LogP contribution in [0.4, 0.5) is 0 Å². The molecule has 134 valence electrons. The molecule has 2 aromatic carbocycles. The summed E-state index contributed by atoms with van der Waals surface area (Å²) in [4.78, 5) is 4.40. The smallest absolute Gasteiger partial charge is 0.195 e. The first-order valence-electron chi connectivity index (χ1n) is 8.09. The quantitative estimate of drug-likeness (QED) is 0.387. The van der Waals surface area contributed by atoms with Gasteiger partial charge in [0.2, 0.25) is 0 Å². The summed E-state index contributed by atoms with van der Waals surface area (Å²) in [6.07, 6.45) is 1.79. The van der Waals surface area contributed by atoms with Crippen LogP contribution in [-0.4, -0.2) is 40.3 Å². The Kier molecular flexibility index (Phi) is 4.35. The number of phenols is 1. The highest BCUT2D eigenvalue weighted by Gasteiger charge is 2.10. The number of rotatable bonds is 1. The maximum Gasteiger partial charge on any atom is 0.195 e. The third kappa shape index (κ3) is 3.15. The Labute approximate surface area is 158 Å². The van der Waals surface area contributed by atoms with Crippen LogP contribution in [0.1, 0.15) is 0 Å². The molecule has 3 N–H and O–H groups in total. The molecule has 0 aliphatic heterocycles. The predicted octanol–water partition coefficient (Wildman–Crippen LogP) is 3.36. The predicted molar refractivity (Wildman–Crippen MR) is 105 cm³/mol. The first-order chi connectivity index (χ1) is 13.1. The summed E-state index contributed by atoms with van der Waals surface area (Å²) in [5, 5.41) is 28.3. The molecule has 8 nitrogen and oxygen atoms in total. The Morgan fingerprint density at radius 1 is 1.00 bits per heavy atom. The second-order valence-electron chi connectivity index (χ2n) is 5.76. The molecule has 5 aromatic rings. The summed E-state index contributed by atoms with van der Waals surface area (Å²) in [5.41, 5.74) is 2.04. The summed E-state index contributed by atoms with van der Waals surface area (Å²) < 4.78 is 2.42. The number of H-pyrrole nitrogens is 2. The Morgan fingerprint density at radius 3 is 2.63 bits per heavy atom. The van der Waals surface area contributed by atoms with Crippen molar-refractivity contribution in [3.8, 4) is 17.3 Å². The van der Waals surface area contributed by atoms with Crippen LogP contribution in [-0.2, 0) is 7.05 Å². The van der Waals surface area contributed by atoms with Gasteiger partial charge in [-0.15, -0.1) is 0 Å². The number of nitrogens with zero attached hydrogens (tertiary/aromatic N) is 5. The van der Waals surface area contributed by atoms with Crippen LogP contribution in [0.5, 0.6) is 5.75 Å². The molecule has 0 aliphatic rings. The van der Waals surface area contributed by atoms with Crippen molar-refractivity contribution in [3.05, 3.63) is 59.5 Å². The van der Waals surface area contributed by atoms with E-state index in [-0.39, 0.29) is 5.75 Å². The van der Waals surface area contributed by atoms with E-state index in [1.54, 1.807) is 24.4 Å². The van der Waals surface area contributed by atoms with E-state index in [2.05, 4.69) is 36.7 Å². The van der Waals surface area contributed by atoms with Gasteiger partial charge in [0.1, 0.15) is 17.0 Å². The van der Waals surface area contributed by atoms with E-state index in [1.165, 1.54) is 0 Å². The first kappa shape index (κ1) is 16.9. The Morgan fingerprint density at radius 2 is 1.85 bits per heavy atom. The first-order valence-corrected chi connectivity index (χ1v) is 8.50. The largest absolute Gasteiger partial charge is 0.506 e. The van der Waals surface area contributed by atoms with E-state index in [4.69, 9.17) is 17.3 Å². The van der Waals surface area contributed by atoms with Crippen molar-refractivity contribution in [1.29, 1.82) is 0 Å². The number of aromatic hydroxyl groups is 1. The molecule has 0 saturated heterocycles. The highest BCUT2D eigenvalue weighted by atomic mass is 32.1. The van der Waals surface area contributed by atoms with Crippen molar-refractivity contribution in [2.45, 2.75) is 0 Å². The van der Waals surface area contributed by atoms with Gasteiger partial charge < -0.3 is 9.67 Å². The van der Waals surface area contributed by atoms with Crippen LogP contribution in [0.25, 0.3) is 33.3 Å². The lowest BCUT2D eigenvalue weighted by molar-refractivity contribution is 0.480. The van der Waals surface area contributed by atoms with Gasteiger partial charge in [-0.25, -0.2) is 0 Å². The lowest BCUT2D eigenvalue weighted by Gasteiger charge is -2.04. The maximum absolute atomic E-state index is 9.14. The van der Waals surface area contributed by atoms with E-state index in [9.17, 15) is 0 Å². The molecule has 0 spiro atoms. The minimum absolute atomic E-state index is 0.159. The third-order valence-corrected chi connectivity index (χ3v) is 4.46. The molecule has 0 fully saturated rings. The standard InChI is InChI=1S/C12H10N4S.C6H5N3O/c1-16-11(14-15-12(16)17)10-9-5-3-2-4-8(9)6-7-13-10;10-5-3-1-2-4-6(5)8-9-7-4/h2-7H,1H3,(H,15,17);1-3,10H,(H,7,8,9). The topological polar surface area (TPSA) is 108 Å². The molecule has 0 amide bonds. The Balaban J connectivity index is 0.000000153.